The van der Waals surface area contributed by atoms with Gasteiger partial charge in [0.05, 0.1) is 13.0 Å². The molecule has 0 amide bonds. The molecule has 0 saturated carbocycles. The molecule has 1 unspecified atom stereocenters. The third-order valence-electron chi connectivity index (χ3n) is 2.90. The van der Waals surface area contributed by atoms with Gasteiger partial charge in [0.1, 0.15) is 0 Å². The average molecular weight is 314 g/mol. The van der Waals surface area contributed by atoms with Gasteiger partial charge in [0.25, 0.3) is 0 Å². The van der Waals surface area contributed by atoms with Crippen molar-refractivity contribution < 1.29 is 9.53 Å². The van der Waals surface area contributed by atoms with Crippen molar-refractivity contribution in [2.45, 2.75) is 19.8 Å². The highest BCUT2D eigenvalue weighted by molar-refractivity contribution is 9.10. The minimum atomic E-state index is -0.132. The van der Waals surface area contributed by atoms with Gasteiger partial charge in [0.2, 0.25) is 0 Å². The minimum Gasteiger partial charge on any atom is -0.469 e. The molecule has 0 aliphatic heterocycles. The SMILES string of the molecule is CCC(CNCCc1cccc(Br)c1)C(=O)OC. The lowest BCUT2D eigenvalue weighted by Crippen LogP contribution is -2.30. The number of hydrogen-bond donors (Lipinski definition) is 1. The van der Waals surface area contributed by atoms with Crippen LogP contribution >= 0.6 is 15.9 Å². The maximum absolute atomic E-state index is 11.4. The highest BCUT2D eigenvalue weighted by Crippen LogP contribution is 2.11. The number of carbonyl (C=O) groups is 1. The van der Waals surface area contributed by atoms with E-state index in [1.165, 1.54) is 12.7 Å². The fraction of sp³-hybridized carbons (Fsp3) is 0.500. The molecular weight excluding hydrogens is 294 g/mol. The van der Waals surface area contributed by atoms with Gasteiger partial charge in [-0.15, -0.1) is 0 Å². The van der Waals surface area contributed by atoms with Gasteiger partial charge < -0.3 is 10.1 Å². The smallest absolute Gasteiger partial charge is 0.309 e. The van der Waals surface area contributed by atoms with E-state index in [0.29, 0.717) is 6.54 Å². The Kier molecular flexibility index (Phi) is 6.98. The number of nitrogens with one attached hydrogen (secondary N) is 1. The second-order valence-corrected chi connectivity index (χ2v) is 5.13. The van der Waals surface area contributed by atoms with Crippen LogP contribution in [0.25, 0.3) is 0 Å². The van der Waals surface area contributed by atoms with Crippen LogP contribution in [-0.4, -0.2) is 26.2 Å². The van der Waals surface area contributed by atoms with E-state index in [2.05, 4.69) is 33.4 Å². The summed E-state index contributed by atoms with van der Waals surface area (Å²) in [7, 11) is 1.44. The number of esters is 1. The molecule has 0 aliphatic rings. The summed E-state index contributed by atoms with van der Waals surface area (Å²) in [5.41, 5.74) is 1.28. The Morgan fingerprint density at radius 1 is 1.50 bits per heavy atom. The van der Waals surface area contributed by atoms with Crippen LogP contribution in [0, 0.1) is 5.92 Å². The predicted molar refractivity (Wildman–Crippen MR) is 76.5 cm³/mol. The Bertz CT molecular complexity index is 382. The topological polar surface area (TPSA) is 38.3 Å². The Labute approximate surface area is 117 Å². The van der Waals surface area contributed by atoms with Crippen molar-refractivity contribution in [1.82, 2.24) is 5.32 Å². The Morgan fingerprint density at radius 3 is 2.89 bits per heavy atom. The van der Waals surface area contributed by atoms with E-state index in [4.69, 9.17) is 4.74 Å². The zero-order chi connectivity index (χ0) is 13.4. The Hall–Kier alpha value is -0.870. The Balaban J connectivity index is 2.27. The molecule has 0 heterocycles. The van der Waals surface area contributed by atoms with Gasteiger partial charge in [0, 0.05) is 11.0 Å². The summed E-state index contributed by atoms with van der Waals surface area (Å²) in [6, 6.07) is 8.26. The first kappa shape index (κ1) is 15.2. The molecule has 1 atom stereocenters. The number of benzene rings is 1. The van der Waals surface area contributed by atoms with E-state index in [1.807, 2.05) is 19.1 Å². The summed E-state index contributed by atoms with van der Waals surface area (Å²) in [4.78, 5) is 11.4. The quantitative estimate of drug-likeness (QED) is 0.621. The molecule has 0 fully saturated rings. The highest BCUT2D eigenvalue weighted by atomic mass is 79.9. The zero-order valence-corrected chi connectivity index (χ0v) is 12.5. The standard InChI is InChI=1S/C14H20BrNO2/c1-3-12(14(17)18-2)10-16-8-7-11-5-4-6-13(15)9-11/h4-6,9,12,16H,3,7-8,10H2,1-2H3. The van der Waals surface area contributed by atoms with Gasteiger partial charge in [-0.05, 0) is 37.1 Å². The van der Waals surface area contributed by atoms with Crippen LogP contribution in [0.5, 0.6) is 0 Å². The van der Waals surface area contributed by atoms with Gasteiger partial charge >= 0.3 is 5.97 Å². The van der Waals surface area contributed by atoms with E-state index >= 15 is 0 Å². The number of halogens is 1. The Morgan fingerprint density at radius 2 is 2.28 bits per heavy atom. The third kappa shape index (κ3) is 5.19. The van der Waals surface area contributed by atoms with Crippen molar-refractivity contribution in [2.75, 3.05) is 20.2 Å². The second kappa shape index (κ2) is 8.27. The fourth-order valence-electron chi connectivity index (χ4n) is 1.76. The summed E-state index contributed by atoms with van der Waals surface area (Å²) < 4.78 is 5.85. The molecule has 100 valence electrons. The minimum absolute atomic E-state index is 0.0440. The highest BCUT2D eigenvalue weighted by Gasteiger charge is 2.15. The number of hydrogen-bond acceptors (Lipinski definition) is 3. The second-order valence-electron chi connectivity index (χ2n) is 4.21. The van der Waals surface area contributed by atoms with Crippen molar-refractivity contribution >= 4 is 21.9 Å². The molecule has 0 aromatic heterocycles. The van der Waals surface area contributed by atoms with E-state index in [-0.39, 0.29) is 11.9 Å². The summed E-state index contributed by atoms with van der Waals surface area (Å²) in [5, 5.41) is 3.30. The maximum atomic E-state index is 11.4. The number of rotatable bonds is 7. The molecule has 0 spiro atoms. The van der Waals surface area contributed by atoms with E-state index in [9.17, 15) is 4.79 Å². The first-order chi connectivity index (χ1) is 8.67. The van der Waals surface area contributed by atoms with Gasteiger partial charge in [-0.3, -0.25) is 4.79 Å². The van der Waals surface area contributed by atoms with Gasteiger partial charge in [-0.25, -0.2) is 0 Å². The van der Waals surface area contributed by atoms with Crippen LogP contribution in [0.4, 0.5) is 0 Å². The van der Waals surface area contributed by atoms with Gasteiger partial charge in [0.15, 0.2) is 0 Å². The molecular formula is C14H20BrNO2. The summed E-state index contributed by atoms with van der Waals surface area (Å²) in [5.74, 6) is -0.176. The zero-order valence-electron chi connectivity index (χ0n) is 10.9. The molecule has 1 N–H and O–H groups in total. The molecule has 0 aliphatic carbocycles. The van der Waals surface area contributed by atoms with Crippen molar-refractivity contribution in [3.05, 3.63) is 34.3 Å². The largest absolute Gasteiger partial charge is 0.469 e. The monoisotopic (exact) mass is 313 g/mol. The number of ether oxygens (including phenoxy) is 1. The summed E-state index contributed by atoms with van der Waals surface area (Å²) in [6.07, 6.45) is 1.76. The van der Waals surface area contributed by atoms with E-state index in [1.54, 1.807) is 0 Å². The molecule has 4 heteroatoms. The molecule has 3 nitrogen and oxygen atoms in total. The third-order valence-corrected chi connectivity index (χ3v) is 3.39. The van der Waals surface area contributed by atoms with Crippen molar-refractivity contribution in [2.24, 2.45) is 5.92 Å². The van der Waals surface area contributed by atoms with Crippen LogP contribution in [-0.2, 0) is 16.0 Å². The fourth-order valence-corrected chi connectivity index (χ4v) is 2.21. The first-order valence-corrected chi connectivity index (χ1v) is 6.99. The number of methoxy groups -OCH3 is 1. The van der Waals surface area contributed by atoms with Crippen LogP contribution < -0.4 is 5.32 Å². The maximum Gasteiger partial charge on any atom is 0.309 e. The lowest BCUT2D eigenvalue weighted by molar-refractivity contribution is -0.145. The molecule has 1 aromatic carbocycles. The van der Waals surface area contributed by atoms with E-state index < -0.39 is 0 Å². The lowest BCUT2D eigenvalue weighted by Gasteiger charge is -2.13. The van der Waals surface area contributed by atoms with E-state index in [0.717, 1.165) is 23.9 Å². The summed E-state index contributed by atoms with van der Waals surface area (Å²) >= 11 is 3.45. The van der Waals surface area contributed by atoms with Crippen molar-refractivity contribution in [1.29, 1.82) is 0 Å². The molecule has 0 saturated heterocycles. The van der Waals surface area contributed by atoms with Crippen LogP contribution in [0.3, 0.4) is 0 Å². The van der Waals surface area contributed by atoms with Crippen LogP contribution in [0.15, 0.2) is 28.7 Å². The predicted octanol–water partition coefficient (Wildman–Crippen LogP) is 2.78. The van der Waals surface area contributed by atoms with Gasteiger partial charge in [-0.1, -0.05) is 35.0 Å². The normalized spacial score (nSPS) is 12.2. The molecule has 1 rings (SSSR count). The molecule has 0 bridgehead atoms. The summed E-state index contributed by atoms with van der Waals surface area (Å²) in [6.45, 7) is 3.54. The van der Waals surface area contributed by atoms with Gasteiger partial charge in [-0.2, -0.15) is 0 Å². The first-order valence-electron chi connectivity index (χ1n) is 6.20. The molecule has 1 aromatic rings. The average Bonchev–Trinajstić information content (AvgIpc) is 2.38. The van der Waals surface area contributed by atoms with Crippen LogP contribution in [0.1, 0.15) is 18.9 Å². The molecule has 0 radical (unpaired) electrons. The van der Waals surface area contributed by atoms with Crippen molar-refractivity contribution in [3.8, 4) is 0 Å². The molecule has 18 heavy (non-hydrogen) atoms. The van der Waals surface area contributed by atoms with Crippen molar-refractivity contribution in [3.63, 3.8) is 0 Å². The van der Waals surface area contributed by atoms with Crippen LogP contribution in [0.2, 0.25) is 0 Å². The lowest BCUT2D eigenvalue weighted by atomic mass is 10.1. The number of carbonyl (C=O) groups excluding carboxylic acids is 1.